The maximum absolute atomic E-state index is 13.3. The molecule has 194 valence electrons. The van der Waals surface area contributed by atoms with Gasteiger partial charge in [-0.25, -0.2) is 9.37 Å². The van der Waals surface area contributed by atoms with Gasteiger partial charge in [-0.05, 0) is 44.0 Å². The van der Waals surface area contributed by atoms with Gasteiger partial charge in [-0.1, -0.05) is 6.07 Å². The van der Waals surface area contributed by atoms with Gasteiger partial charge in [0.25, 0.3) is 11.8 Å². The summed E-state index contributed by atoms with van der Waals surface area (Å²) >= 11 is 0. The van der Waals surface area contributed by atoms with Gasteiger partial charge in [-0.3, -0.25) is 14.5 Å². The van der Waals surface area contributed by atoms with Gasteiger partial charge >= 0.3 is 0 Å². The Morgan fingerprint density at radius 3 is 2.58 bits per heavy atom. The van der Waals surface area contributed by atoms with E-state index >= 15 is 0 Å². The van der Waals surface area contributed by atoms with E-state index in [1.807, 2.05) is 6.92 Å². The van der Waals surface area contributed by atoms with Crippen LogP contribution in [-0.4, -0.2) is 73.4 Å². The van der Waals surface area contributed by atoms with Gasteiger partial charge in [0.15, 0.2) is 11.6 Å². The lowest BCUT2D eigenvalue weighted by Gasteiger charge is -2.55. The molecule has 2 atom stereocenters. The van der Waals surface area contributed by atoms with Crippen LogP contribution in [0.1, 0.15) is 30.3 Å². The van der Waals surface area contributed by atoms with E-state index < -0.39 is 23.6 Å². The largest absolute Gasteiger partial charge is 0.489 e. The van der Waals surface area contributed by atoms with Gasteiger partial charge in [-0.2, -0.15) is 4.39 Å². The number of aromatic nitrogens is 1. The zero-order valence-corrected chi connectivity index (χ0v) is 20.0. The molecule has 3 aliphatic rings. The first-order valence-corrected chi connectivity index (χ1v) is 11.8. The minimum Gasteiger partial charge on any atom is -0.489 e. The van der Waals surface area contributed by atoms with Crippen LogP contribution in [0.2, 0.25) is 0 Å². The second kappa shape index (κ2) is 11.3. The Bertz CT molecular complexity index is 1070. The predicted octanol–water partition coefficient (Wildman–Crippen LogP) is 2.36. The van der Waals surface area contributed by atoms with Crippen LogP contribution in [0.5, 0.6) is 5.75 Å². The van der Waals surface area contributed by atoms with Crippen LogP contribution in [0, 0.1) is 17.0 Å². The second-order valence-corrected chi connectivity index (χ2v) is 9.40. The zero-order valence-electron chi connectivity index (χ0n) is 20.0. The molecule has 0 bridgehead atoms. The van der Waals surface area contributed by atoms with Crippen molar-refractivity contribution in [1.82, 2.24) is 9.88 Å². The molecule has 1 aromatic heterocycles. The molecular formula is C25H30F2N4O5. The van der Waals surface area contributed by atoms with Gasteiger partial charge in [-0.15, -0.1) is 0 Å². The maximum Gasteiger partial charge on any atom is 0.267 e. The van der Waals surface area contributed by atoms with E-state index in [1.54, 1.807) is 6.07 Å². The van der Waals surface area contributed by atoms with E-state index in [2.05, 4.69) is 15.2 Å². The van der Waals surface area contributed by atoms with Crippen molar-refractivity contribution in [2.75, 3.05) is 44.8 Å². The van der Waals surface area contributed by atoms with Gasteiger partial charge in [0.1, 0.15) is 18.4 Å². The van der Waals surface area contributed by atoms with Crippen molar-refractivity contribution in [3.63, 3.8) is 0 Å². The smallest absolute Gasteiger partial charge is 0.267 e. The molecule has 4 heterocycles. The highest BCUT2D eigenvalue weighted by molar-refractivity contribution is 5.95. The molecule has 3 N–H and O–H groups in total. The highest BCUT2D eigenvalue weighted by Crippen LogP contribution is 2.37. The molecule has 36 heavy (non-hydrogen) atoms. The first-order chi connectivity index (χ1) is 17.2. The van der Waals surface area contributed by atoms with E-state index in [0.717, 1.165) is 51.8 Å². The number of ether oxygens (including phenoxy) is 3. The first kappa shape index (κ1) is 25.9. The summed E-state index contributed by atoms with van der Waals surface area (Å²) in [6.07, 6.45) is 2.72. The highest BCUT2D eigenvalue weighted by Gasteiger charge is 2.48. The van der Waals surface area contributed by atoms with E-state index in [1.165, 1.54) is 24.4 Å². The van der Waals surface area contributed by atoms with Gasteiger partial charge < -0.3 is 25.3 Å². The molecule has 3 fully saturated rings. The summed E-state index contributed by atoms with van der Waals surface area (Å²) in [5.41, 5.74) is 6.14. The van der Waals surface area contributed by atoms with Gasteiger partial charge in [0.2, 0.25) is 5.82 Å². The number of hydrogen-bond acceptors (Lipinski definition) is 7. The summed E-state index contributed by atoms with van der Waals surface area (Å²) in [6.45, 7) is 6.78. The molecule has 2 unspecified atom stereocenters. The monoisotopic (exact) mass is 504 g/mol. The standard InChI is InChI=1S/C13H15F2NO2.C12H15N3O3/c14-10-2-1-3-11(12(10)15)18-5-4-16-6-13(7-16)8-17-9-13;1-7-2-5-10(18-7)12(17)15-8-3-4-9(11(13)16)14-6-8/h1-3H,4-9H2;3-4,6-7,10H,2,5H2,1H3,(H2,13,16)(H,15,17). The number of likely N-dealkylation sites (tertiary alicyclic amines) is 1. The van der Waals surface area contributed by atoms with E-state index in [4.69, 9.17) is 19.9 Å². The van der Waals surface area contributed by atoms with Crippen molar-refractivity contribution in [1.29, 1.82) is 0 Å². The number of amides is 2. The van der Waals surface area contributed by atoms with E-state index in [9.17, 15) is 18.4 Å². The van der Waals surface area contributed by atoms with Crippen LogP contribution in [0.4, 0.5) is 14.5 Å². The van der Waals surface area contributed by atoms with E-state index in [-0.39, 0.29) is 23.5 Å². The molecule has 5 rings (SSSR count). The summed E-state index contributed by atoms with van der Waals surface area (Å²) in [4.78, 5) is 28.7. The first-order valence-electron chi connectivity index (χ1n) is 11.8. The van der Waals surface area contributed by atoms with Crippen molar-refractivity contribution in [2.24, 2.45) is 11.1 Å². The van der Waals surface area contributed by atoms with Crippen molar-refractivity contribution in [3.05, 3.63) is 53.9 Å². The molecular weight excluding hydrogens is 474 g/mol. The molecule has 1 spiro atoms. The number of benzene rings is 1. The van der Waals surface area contributed by atoms with Crippen molar-refractivity contribution < 1.29 is 32.6 Å². The Labute approximate surface area is 207 Å². The average molecular weight is 505 g/mol. The molecule has 2 aromatic rings. The molecule has 11 heteroatoms. The minimum absolute atomic E-state index is 0.0165. The van der Waals surface area contributed by atoms with Gasteiger partial charge in [0, 0.05) is 25.0 Å². The van der Waals surface area contributed by atoms with Crippen LogP contribution in [0.25, 0.3) is 0 Å². The lowest BCUT2D eigenvalue weighted by atomic mass is 9.78. The fourth-order valence-electron chi connectivity index (χ4n) is 4.35. The lowest BCUT2D eigenvalue weighted by molar-refractivity contribution is -0.189. The minimum atomic E-state index is -0.912. The summed E-state index contributed by atoms with van der Waals surface area (Å²) in [5, 5.41) is 2.69. The number of anilines is 1. The Hall–Kier alpha value is -3.15. The molecule has 0 saturated carbocycles. The molecule has 2 amide bonds. The predicted molar refractivity (Wildman–Crippen MR) is 126 cm³/mol. The third-order valence-corrected chi connectivity index (χ3v) is 6.32. The van der Waals surface area contributed by atoms with Crippen LogP contribution in [0.3, 0.4) is 0 Å². The third-order valence-electron chi connectivity index (χ3n) is 6.32. The number of nitrogens with zero attached hydrogens (tertiary/aromatic N) is 2. The fraction of sp³-hybridized carbons (Fsp3) is 0.480. The van der Waals surface area contributed by atoms with Gasteiger partial charge in [0.05, 0.1) is 31.2 Å². The molecule has 3 saturated heterocycles. The number of carbonyl (C=O) groups is 2. The Morgan fingerprint density at radius 1 is 1.22 bits per heavy atom. The highest BCUT2D eigenvalue weighted by atomic mass is 19.2. The average Bonchev–Trinajstić information content (AvgIpc) is 3.24. The zero-order chi connectivity index (χ0) is 25.7. The summed E-state index contributed by atoms with van der Waals surface area (Å²) in [5.74, 6) is -2.59. The number of pyridine rings is 1. The normalized spacial score (nSPS) is 22.1. The number of rotatable bonds is 7. The summed E-state index contributed by atoms with van der Waals surface area (Å²) in [6, 6.07) is 7.02. The van der Waals surface area contributed by atoms with Crippen LogP contribution in [0.15, 0.2) is 36.5 Å². The van der Waals surface area contributed by atoms with Crippen LogP contribution < -0.4 is 15.8 Å². The SMILES string of the molecule is CC1CCC(C(=O)Nc2ccc(C(N)=O)nc2)O1.Fc1cccc(OCCN2CC3(COC3)C2)c1F. The molecule has 0 aliphatic carbocycles. The number of halogens is 2. The summed E-state index contributed by atoms with van der Waals surface area (Å²) in [7, 11) is 0. The Kier molecular flexibility index (Phi) is 8.12. The Morgan fingerprint density at radius 2 is 2.00 bits per heavy atom. The topological polar surface area (TPSA) is 116 Å². The number of nitrogens with one attached hydrogen (secondary N) is 1. The number of hydrogen-bond donors (Lipinski definition) is 2. The number of primary amides is 1. The molecule has 1 aromatic carbocycles. The third kappa shape index (κ3) is 6.34. The maximum atomic E-state index is 13.3. The molecule has 9 nitrogen and oxygen atoms in total. The van der Waals surface area contributed by atoms with Crippen molar-refractivity contribution in [3.8, 4) is 5.75 Å². The molecule has 3 aliphatic heterocycles. The van der Waals surface area contributed by atoms with Crippen LogP contribution >= 0.6 is 0 Å². The quantitative estimate of drug-likeness (QED) is 0.595. The Balaban J connectivity index is 0.000000169. The van der Waals surface area contributed by atoms with Crippen molar-refractivity contribution >= 4 is 17.5 Å². The molecule has 0 radical (unpaired) electrons. The lowest BCUT2D eigenvalue weighted by Crippen LogP contribution is -2.66. The number of nitrogens with two attached hydrogens (primary N) is 1. The van der Waals surface area contributed by atoms with E-state index in [0.29, 0.717) is 17.7 Å². The van der Waals surface area contributed by atoms with Crippen molar-refractivity contribution in [2.45, 2.75) is 32.0 Å². The fourth-order valence-corrected chi connectivity index (χ4v) is 4.35. The summed E-state index contributed by atoms with van der Waals surface area (Å²) < 4.78 is 42.1. The second-order valence-electron chi connectivity index (χ2n) is 9.40. The van der Waals surface area contributed by atoms with Crippen LogP contribution in [-0.2, 0) is 14.3 Å². The number of carbonyl (C=O) groups excluding carboxylic acids is 2.